The van der Waals surface area contributed by atoms with Gasteiger partial charge in [-0.3, -0.25) is 0 Å². The van der Waals surface area contributed by atoms with Crippen molar-refractivity contribution in [1.29, 1.82) is 0 Å². The van der Waals surface area contributed by atoms with Gasteiger partial charge in [0.05, 0.1) is 10.5 Å². The Bertz CT molecular complexity index is 423. The first-order valence-electron chi connectivity index (χ1n) is 4.69. The van der Waals surface area contributed by atoms with Gasteiger partial charge in [-0.2, -0.15) is 0 Å². The average molecular weight is 220 g/mol. The van der Waals surface area contributed by atoms with Crippen LogP contribution in [0.3, 0.4) is 0 Å². The summed E-state index contributed by atoms with van der Waals surface area (Å²) in [6, 6.07) is 9.96. The summed E-state index contributed by atoms with van der Waals surface area (Å²) in [6.07, 6.45) is 0. The molecule has 0 saturated heterocycles. The molecule has 0 fully saturated rings. The molecule has 0 atom stereocenters. The SMILES string of the molecule is CC1(C)SC(=NO)N=C1c1ccccc1. The molecule has 2 rings (SSSR count). The molecule has 0 aliphatic carbocycles. The number of hydrogen-bond donors (Lipinski definition) is 1. The maximum atomic E-state index is 8.72. The van der Waals surface area contributed by atoms with Crippen molar-refractivity contribution in [3.8, 4) is 0 Å². The lowest BCUT2D eigenvalue weighted by Gasteiger charge is -2.18. The van der Waals surface area contributed by atoms with E-state index in [0.717, 1.165) is 11.3 Å². The summed E-state index contributed by atoms with van der Waals surface area (Å²) in [6.45, 7) is 4.14. The van der Waals surface area contributed by atoms with E-state index in [1.807, 2.05) is 30.3 Å². The molecule has 1 aliphatic rings. The third-order valence-electron chi connectivity index (χ3n) is 2.26. The molecule has 1 heterocycles. The van der Waals surface area contributed by atoms with Crippen molar-refractivity contribution in [3.63, 3.8) is 0 Å². The van der Waals surface area contributed by atoms with E-state index in [9.17, 15) is 0 Å². The maximum absolute atomic E-state index is 8.72. The molecular formula is C11H12N2OS. The Morgan fingerprint density at radius 3 is 2.47 bits per heavy atom. The molecule has 1 aliphatic heterocycles. The summed E-state index contributed by atoms with van der Waals surface area (Å²) in [7, 11) is 0. The van der Waals surface area contributed by atoms with Crippen LogP contribution < -0.4 is 0 Å². The molecule has 0 unspecified atom stereocenters. The monoisotopic (exact) mass is 220 g/mol. The van der Waals surface area contributed by atoms with Crippen LogP contribution in [0.2, 0.25) is 0 Å². The molecule has 1 aromatic carbocycles. The van der Waals surface area contributed by atoms with Crippen LogP contribution in [-0.4, -0.2) is 20.8 Å². The summed E-state index contributed by atoms with van der Waals surface area (Å²) in [5.41, 5.74) is 2.04. The minimum absolute atomic E-state index is 0.136. The maximum Gasteiger partial charge on any atom is 0.227 e. The van der Waals surface area contributed by atoms with Gasteiger partial charge in [0.25, 0.3) is 0 Å². The summed E-state index contributed by atoms with van der Waals surface area (Å²) in [4.78, 5) is 4.31. The Hall–Kier alpha value is -1.29. The van der Waals surface area contributed by atoms with Gasteiger partial charge in [-0.25, -0.2) is 4.99 Å². The van der Waals surface area contributed by atoms with E-state index in [2.05, 4.69) is 24.0 Å². The molecule has 0 amide bonds. The highest BCUT2D eigenvalue weighted by Gasteiger charge is 2.35. The Morgan fingerprint density at radius 2 is 1.93 bits per heavy atom. The zero-order valence-corrected chi connectivity index (χ0v) is 9.45. The van der Waals surface area contributed by atoms with Crippen LogP contribution in [0.15, 0.2) is 40.5 Å². The van der Waals surface area contributed by atoms with E-state index >= 15 is 0 Å². The smallest absolute Gasteiger partial charge is 0.227 e. The van der Waals surface area contributed by atoms with E-state index < -0.39 is 0 Å². The average Bonchev–Trinajstić information content (AvgIpc) is 2.55. The van der Waals surface area contributed by atoms with Gasteiger partial charge in [0.15, 0.2) is 0 Å². The van der Waals surface area contributed by atoms with Gasteiger partial charge >= 0.3 is 0 Å². The zero-order chi connectivity index (χ0) is 10.9. The highest BCUT2D eigenvalue weighted by molar-refractivity contribution is 8.16. The van der Waals surface area contributed by atoms with Crippen LogP contribution >= 0.6 is 11.8 Å². The van der Waals surface area contributed by atoms with Gasteiger partial charge in [-0.15, -0.1) is 0 Å². The Kier molecular flexibility index (Phi) is 2.52. The van der Waals surface area contributed by atoms with Crippen molar-refractivity contribution >= 4 is 22.6 Å². The molecule has 0 bridgehead atoms. The number of aliphatic imine (C=N–C) groups is 1. The van der Waals surface area contributed by atoms with Gasteiger partial charge in [0, 0.05) is 0 Å². The normalized spacial score (nSPS) is 21.7. The number of oxime groups is 1. The quantitative estimate of drug-likeness (QED) is 0.584. The largest absolute Gasteiger partial charge is 0.409 e. The van der Waals surface area contributed by atoms with Crippen molar-refractivity contribution in [2.45, 2.75) is 18.6 Å². The van der Waals surface area contributed by atoms with E-state index in [4.69, 9.17) is 5.21 Å². The fourth-order valence-corrected chi connectivity index (χ4v) is 2.47. The fourth-order valence-electron chi connectivity index (χ4n) is 1.58. The fraction of sp³-hybridized carbons (Fsp3) is 0.273. The topological polar surface area (TPSA) is 45.0 Å². The summed E-state index contributed by atoms with van der Waals surface area (Å²) in [5.74, 6) is 0. The first-order chi connectivity index (χ1) is 7.13. The van der Waals surface area contributed by atoms with Gasteiger partial charge in [0.1, 0.15) is 0 Å². The molecule has 3 nitrogen and oxygen atoms in total. The molecule has 4 heteroatoms. The molecule has 0 radical (unpaired) electrons. The third-order valence-corrected chi connectivity index (χ3v) is 3.32. The molecule has 1 aromatic rings. The van der Waals surface area contributed by atoms with E-state index in [-0.39, 0.29) is 4.75 Å². The number of thioether (sulfide) groups is 1. The number of nitrogens with zero attached hydrogens (tertiary/aromatic N) is 2. The predicted molar refractivity (Wildman–Crippen MR) is 63.9 cm³/mol. The highest BCUT2D eigenvalue weighted by atomic mass is 32.2. The van der Waals surface area contributed by atoms with Crippen molar-refractivity contribution in [1.82, 2.24) is 0 Å². The lowest BCUT2D eigenvalue weighted by atomic mass is 9.99. The van der Waals surface area contributed by atoms with Crippen molar-refractivity contribution in [2.24, 2.45) is 10.1 Å². The van der Waals surface area contributed by atoms with Crippen LogP contribution in [0.4, 0.5) is 0 Å². The van der Waals surface area contributed by atoms with Crippen LogP contribution in [0, 0.1) is 0 Å². The van der Waals surface area contributed by atoms with Gasteiger partial charge in [0.2, 0.25) is 5.17 Å². The minimum atomic E-state index is -0.136. The van der Waals surface area contributed by atoms with E-state index in [0.29, 0.717) is 5.17 Å². The van der Waals surface area contributed by atoms with E-state index in [1.165, 1.54) is 11.8 Å². The second-order valence-electron chi connectivity index (χ2n) is 3.82. The summed E-state index contributed by atoms with van der Waals surface area (Å²) < 4.78 is -0.136. The standard InChI is InChI=1S/C11H12N2OS/c1-11(2)9(12-10(13-14)15-11)8-6-4-3-5-7-8/h3-7,14H,1-2H3. The van der Waals surface area contributed by atoms with Gasteiger partial charge in [-0.05, 0) is 19.4 Å². The number of benzene rings is 1. The third kappa shape index (κ3) is 1.90. The Balaban J connectivity index is 2.45. The predicted octanol–water partition coefficient (Wildman–Crippen LogP) is 2.75. The van der Waals surface area contributed by atoms with Crippen molar-refractivity contribution < 1.29 is 5.21 Å². The van der Waals surface area contributed by atoms with Crippen LogP contribution in [-0.2, 0) is 0 Å². The summed E-state index contributed by atoms with van der Waals surface area (Å²) in [5, 5.41) is 12.3. The van der Waals surface area contributed by atoms with Crippen LogP contribution in [0.1, 0.15) is 19.4 Å². The molecule has 0 aromatic heterocycles. The second kappa shape index (κ2) is 3.70. The molecule has 78 valence electrons. The van der Waals surface area contributed by atoms with Crippen molar-refractivity contribution in [3.05, 3.63) is 35.9 Å². The Labute approximate surface area is 92.9 Å². The lowest BCUT2D eigenvalue weighted by Crippen LogP contribution is -2.24. The summed E-state index contributed by atoms with van der Waals surface area (Å²) >= 11 is 1.47. The molecule has 1 N–H and O–H groups in total. The minimum Gasteiger partial charge on any atom is -0.409 e. The van der Waals surface area contributed by atoms with Crippen LogP contribution in [0.25, 0.3) is 0 Å². The molecule has 0 spiro atoms. The van der Waals surface area contributed by atoms with Gasteiger partial charge in [-0.1, -0.05) is 47.2 Å². The van der Waals surface area contributed by atoms with E-state index in [1.54, 1.807) is 0 Å². The van der Waals surface area contributed by atoms with Gasteiger partial charge < -0.3 is 5.21 Å². The molecule has 0 saturated carbocycles. The number of amidine groups is 1. The van der Waals surface area contributed by atoms with Crippen LogP contribution in [0.5, 0.6) is 0 Å². The number of hydrogen-bond acceptors (Lipinski definition) is 3. The highest BCUT2D eigenvalue weighted by Crippen LogP contribution is 2.36. The first-order valence-corrected chi connectivity index (χ1v) is 5.51. The molecular weight excluding hydrogens is 208 g/mol. The lowest BCUT2D eigenvalue weighted by molar-refractivity contribution is 0.320. The number of rotatable bonds is 1. The zero-order valence-electron chi connectivity index (χ0n) is 8.64. The van der Waals surface area contributed by atoms with Crippen molar-refractivity contribution in [2.75, 3.05) is 0 Å². The first kappa shape index (κ1) is 10.2. The molecule has 15 heavy (non-hydrogen) atoms. The Morgan fingerprint density at radius 1 is 1.27 bits per heavy atom. The second-order valence-corrected chi connectivity index (χ2v) is 5.41.